The topological polar surface area (TPSA) is 25.2 Å². The molecule has 2 aliphatic carbocycles. The van der Waals surface area contributed by atoms with Crippen LogP contribution in [0.2, 0.25) is 0 Å². The van der Waals surface area contributed by atoms with E-state index in [9.17, 15) is 0 Å². The number of anilines is 2. The molecule has 1 aromatic heterocycles. The first-order chi connectivity index (χ1) is 27.3. The molecule has 0 aliphatic heterocycles. The number of benzene rings is 9. The van der Waals surface area contributed by atoms with Crippen molar-refractivity contribution in [1.82, 2.24) is 0 Å². The molecule has 0 saturated carbocycles. The summed E-state index contributed by atoms with van der Waals surface area (Å²) in [5.74, 6) is 0. The Labute approximate surface area is 319 Å². The van der Waals surface area contributed by atoms with Gasteiger partial charge in [-0.25, -0.2) is 0 Å². The second-order valence-corrected chi connectivity index (χ2v) is 14.8. The van der Waals surface area contributed by atoms with Crippen molar-refractivity contribution in [2.75, 3.05) is 5.32 Å². The van der Waals surface area contributed by atoms with Crippen LogP contribution in [0.3, 0.4) is 0 Å². The summed E-state index contributed by atoms with van der Waals surface area (Å²) in [5.41, 5.74) is 18.7. The molecule has 256 valence electrons. The van der Waals surface area contributed by atoms with Crippen LogP contribution < -0.4 is 5.32 Å². The minimum Gasteiger partial charge on any atom is -0.455 e. The van der Waals surface area contributed by atoms with Crippen LogP contribution in [0.5, 0.6) is 0 Å². The van der Waals surface area contributed by atoms with Crippen LogP contribution in [0.15, 0.2) is 199 Å². The highest BCUT2D eigenvalue weighted by Crippen LogP contribution is 2.63. The average Bonchev–Trinajstić information content (AvgIpc) is 3.88. The van der Waals surface area contributed by atoms with Crippen molar-refractivity contribution in [1.29, 1.82) is 0 Å². The molecule has 0 atom stereocenters. The first-order valence-electron chi connectivity index (χ1n) is 19.0. The van der Waals surface area contributed by atoms with Crippen molar-refractivity contribution in [2.45, 2.75) is 5.41 Å². The molecule has 1 spiro atoms. The van der Waals surface area contributed by atoms with Crippen molar-refractivity contribution in [2.24, 2.45) is 0 Å². The van der Waals surface area contributed by atoms with Gasteiger partial charge in [0.05, 0.1) is 5.41 Å². The minimum atomic E-state index is -0.404. The SMILES string of the molecule is c1ccc(-c2ccc(-c3c(Nc4ccc5c(c4)C4(c6ccccc6-c6ccccc64)c4ccccc4-5)ccc4oc5c6ccccc6ccc5c34)cc2)cc1. The summed E-state index contributed by atoms with van der Waals surface area (Å²) in [7, 11) is 0. The predicted molar refractivity (Wildman–Crippen MR) is 228 cm³/mol. The van der Waals surface area contributed by atoms with Gasteiger partial charge in [-0.05, 0) is 96.9 Å². The van der Waals surface area contributed by atoms with Gasteiger partial charge in [0.25, 0.3) is 0 Å². The maximum Gasteiger partial charge on any atom is 0.143 e. The standard InChI is InChI=1S/C53H33NO/c1-2-12-33(13-3-1)34-22-24-36(25-23-34)50-48(30-31-49-51(50)43-28-26-35-14-4-5-15-38(35)52(43)55-49)54-37-27-29-42-41-18-8-11-21-46(41)53(47(42)32-37)44-19-9-6-16-39(44)40-17-7-10-20-45(40)53/h1-32,54H. The Morgan fingerprint density at radius 1 is 0.400 bits per heavy atom. The average molecular weight is 700 g/mol. The van der Waals surface area contributed by atoms with Crippen molar-refractivity contribution >= 4 is 44.1 Å². The molecule has 0 unspecified atom stereocenters. The first-order valence-corrected chi connectivity index (χ1v) is 19.0. The van der Waals surface area contributed by atoms with Gasteiger partial charge in [0.1, 0.15) is 11.2 Å². The summed E-state index contributed by atoms with van der Waals surface area (Å²) in [5, 5.41) is 8.49. The minimum absolute atomic E-state index is 0.404. The van der Waals surface area contributed by atoms with Gasteiger partial charge in [0.15, 0.2) is 0 Å². The fourth-order valence-electron chi connectivity index (χ4n) is 9.79. The second kappa shape index (κ2) is 11.4. The Bertz CT molecular complexity index is 3110. The molecule has 12 rings (SSSR count). The van der Waals surface area contributed by atoms with E-state index in [2.05, 4.69) is 199 Å². The first kappa shape index (κ1) is 30.3. The van der Waals surface area contributed by atoms with Crippen molar-refractivity contribution in [3.8, 4) is 44.5 Å². The molecule has 55 heavy (non-hydrogen) atoms. The Morgan fingerprint density at radius 2 is 0.982 bits per heavy atom. The van der Waals surface area contributed by atoms with Crippen LogP contribution in [0.25, 0.3) is 77.2 Å². The fourth-order valence-corrected chi connectivity index (χ4v) is 9.79. The van der Waals surface area contributed by atoms with Crippen LogP contribution in [0.4, 0.5) is 11.4 Å². The predicted octanol–water partition coefficient (Wildman–Crippen LogP) is 14.2. The highest BCUT2D eigenvalue weighted by molar-refractivity contribution is 6.21. The van der Waals surface area contributed by atoms with E-state index in [1.54, 1.807) is 0 Å². The van der Waals surface area contributed by atoms with Gasteiger partial charge < -0.3 is 9.73 Å². The molecule has 10 aromatic rings. The van der Waals surface area contributed by atoms with E-state index in [0.717, 1.165) is 49.8 Å². The zero-order valence-electron chi connectivity index (χ0n) is 29.9. The van der Waals surface area contributed by atoms with Gasteiger partial charge in [-0.1, -0.05) is 164 Å². The monoisotopic (exact) mass is 699 g/mol. The Hall–Kier alpha value is -7.16. The Kier molecular flexibility index (Phi) is 6.29. The third-order valence-corrected chi connectivity index (χ3v) is 12.1. The lowest BCUT2D eigenvalue weighted by molar-refractivity contribution is 0.673. The number of hydrogen-bond acceptors (Lipinski definition) is 2. The number of fused-ring (bicyclic) bond motifs is 15. The molecule has 2 aliphatic rings. The highest BCUT2D eigenvalue weighted by Gasteiger charge is 2.51. The molecule has 2 heteroatoms. The van der Waals surface area contributed by atoms with Crippen LogP contribution in [0, 0.1) is 0 Å². The Morgan fingerprint density at radius 3 is 1.69 bits per heavy atom. The molecule has 1 N–H and O–H groups in total. The normalized spacial score (nSPS) is 13.2. The molecule has 2 nitrogen and oxygen atoms in total. The quantitative estimate of drug-likeness (QED) is 0.198. The van der Waals surface area contributed by atoms with E-state index in [0.29, 0.717) is 0 Å². The fraction of sp³-hybridized carbons (Fsp3) is 0.0189. The summed E-state index contributed by atoms with van der Waals surface area (Å²) in [6.45, 7) is 0. The summed E-state index contributed by atoms with van der Waals surface area (Å²) >= 11 is 0. The van der Waals surface area contributed by atoms with Crippen molar-refractivity contribution in [3.63, 3.8) is 0 Å². The third kappa shape index (κ3) is 4.19. The molecule has 1 heterocycles. The summed E-state index contributed by atoms with van der Waals surface area (Å²) in [6.07, 6.45) is 0. The van der Waals surface area contributed by atoms with E-state index >= 15 is 0 Å². The Balaban J connectivity index is 1.08. The number of nitrogens with one attached hydrogen (secondary N) is 1. The van der Waals surface area contributed by atoms with E-state index in [4.69, 9.17) is 4.42 Å². The van der Waals surface area contributed by atoms with Gasteiger partial charge in [0.2, 0.25) is 0 Å². The molecular formula is C53H33NO. The lowest BCUT2D eigenvalue weighted by Gasteiger charge is -2.30. The van der Waals surface area contributed by atoms with Gasteiger partial charge in [-0.15, -0.1) is 0 Å². The molecule has 0 fully saturated rings. The lowest BCUT2D eigenvalue weighted by Crippen LogP contribution is -2.25. The molecule has 0 saturated heterocycles. The van der Waals surface area contributed by atoms with Crippen LogP contribution >= 0.6 is 0 Å². The smallest absolute Gasteiger partial charge is 0.143 e. The summed E-state index contributed by atoms with van der Waals surface area (Å²) in [4.78, 5) is 0. The summed E-state index contributed by atoms with van der Waals surface area (Å²) in [6, 6.07) is 70.7. The molecule has 0 bridgehead atoms. The van der Waals surface area contributed by atoms with Crippen LogP contribution in [-0.2, 0) is 5.41 Å². The molecule has 0 radical (unpaired) electrons. The van der Waals surface area contributed by atoms with E-state index in [-0.39, 0.29) is 0 Å². The maximum absolute atomic E-state index is 6.72. The summed E-state index contributed by atoms with van der Waals surface area (Å²) < 4.78 is 6.72. The number of hydrogen-bond donors (Lipinski definition) is 1. The largest absolute Gasteiger partial charge is 0.455 e. The van der Waals surface area contributed by atoms with E-state index in [1.165, 1.54) is 61.0 Å². The van der Waals surface area contributed by atoms with Crippen molar-refractivity contribution < 1.29 is 4.42 Å². The van der Waals surface area contributed by atoms with Gasteiger partial charge in [-0.3, -0.25) is 0 Å². The highest BCUT2D eigenvalue weighted by atomic mass is 16.3. The van der Waals surface area contributed by atoms with Crippen LogP contribution in [0.1, 0.15) is 22.3 Å². The van der Waals surface area contributed by atoms with Gasteiger partial charge in [0, 0.05) is 33.1 Å². The van der Waals surface area contributed by atoms with Gasteiger partial charge >= 0.3 is 0 Å². The molecule has 9 aromatic carbocycles. The lowest BCUT2D eigenvalue weighted by atomic mass is 9.70. The van der Waals surface area contributed by atoms with Crippen molar-refractivity contribution in [3.05, 3.63) is 216 Å². The van der Waals surface area contributed by atoms with Crippen LogP contribution in [-0.4, -0.2) is 0 Å². The second-order valence-electron chi connectivity index (χ2n) is 14.8. The van der Waals surface area contributed by atoms with E-state index < -0.39 is 5.41 Å². The zero-order valence-corrected chi connectivity index (χ0v) is 29.9. The molecular weight excluding hydrogens is 667 g/mol. The number of furan rings is 1. The zero-order chi connectivity index (χ0) is 36.1. The van der Waals surface area contributed by atoms with E-state index in [1.807, 2.05) is 0 Å². The third-order valence-electron chi connectivity index (χ3n) is 12.1. The molecule has 0 amide bonds. The number of rotatable bonds is 4. The maximum atomic E-state index is 6.72. The van der Waals surface area contributed by atoms with Gasteiger partial charge in [-0.2, -0.15) is 0 Å².